The van der Waals surface area contributed by atoms with Crippen LogP contribution in [-0.2, 0) is 11.3 Å². The molecule has 2 fully saturated rings. The molecule has 1 heterocycles. The van der Waals surface area contributed by atoms with E-state index in [1.807, 2.05) is 30.3 Å². The van der Waals surface area contributed by atoms with Crippen LogP contribution in [0.5, 0.6) is 0 Å². The molecule has 2 aromatic rings. The van der Waals surface area contributed by atoms with Crippen molar-refractivity contribution < 1.29 is 14.4 Å². The molecule has 0 bridgehead atoms. The zero-order valence-corrected chi connectivity index (χ0v) is 14.9. The Morgan fingerprint density at radius 1 is 1.04 bits per heavy atom. The number of hydrogen-bond donors (Lipinski definition) is 2. The molecule has 4 amide bonds. The second-order valence-electron chi connectivity index (χ2n) is 7.04. The number of nitrogens with zero attached hydrogens (tertiary/aromatic N) is 1. The first-order valence-electron chi connectivity index (χ1n) is 9.16. The van der Waals surface area contributed by atoms with E-state index in [9.17, 15) is 14.4 Å². The minimum Gasteiger partial charge on any atom is -0.349 e. The molecule has 0 radical (unpaired) electrons. The minimum absolute atomic E-state index is 0.0819. The largest absolute Gasteiger partial charge is 0.349 e. The molecule has 1 saturated heterocycles. The maximum absolute atomic E-state index is 12.5. The van der Waals surface area contributed by atoms with E-state index in [0.717, 1.165) is 24.0 Å². The number of amides is 4. The van der Waals surface area contributed by atoms with Gasteiger partial charge in [-0.3, -0.25) is 14.5 Å². The molecule has 6 heteroatoms. The van der Waals surface area contributed by atoms with E-state index >= 15 is 0 Å². The van der Waals surface area contributed by atoms with Gasteiger partial charge < -0.3 is 10.6 Å². The zero-order valence-electron chi connectivity index (χ0n) is 14.9. The highest BCUT2D eigenvalue weighted by Crippen LogP contribution is 2.23. The van der Waals surface area contributed by atoms with Gasteiger partial charge in [-0.05, 0) is 36.1 Å². The molecule has 2 N–H and O–H groups in total. The molecule has 27 heavy (non-hydrogen) atoms. The molecule has 6 nitrogen and oxygen atoms in total. The summed E-state index contributed by atoms with van der Waals surface area (Å²) in [7, 11) is 0. The molecule has 1 aliphatic heterocycles. The molecule has 2 aliphatic rings. The van der Waals surface area contributed by atoms with Crippen LogP contribution >= 0.6 is 0 Å². The van der Waals surface area contributed by atoms with Gasteiger partial charge in [-0.2, -0.15) is 0 Å². The fourth-order valence-corrected chi connectivity index (χ4v) is 3.16. The van der Waals surface area contributed by atoms with Crippen LogP contribution in [-0.4, -0.2) is 28.8 Å². The fourth-order valence-electron chi connectivity index (χ4n) is 3.16. The van der Waals surface area contributed by atoms with Crippen LogP contribution in [0.3, 0.4) is 0 Å². The Balaban J connectivity index is 1.40. The van der Waals surface area contributed by atoms with Crippen LogP contribution in [0.1, 0.15) is 46.8 Å². The maximum atomic E-state index is 12.5. The summed E-state index contributed by atoms with van der Waals surface area (Å²) in [5, 5.41) is 5.83. The standard InChI is InChI=1S/C21H21N3O3/c25-19-12-18(15-4-2-1-3-5-15)23-21(27)24(19)13-14-6-8-16(9-7-14)20(26)22-17-10-11-17/h1-9,17-18H,10-13H2,(H,22,26)(H,23,27). The Bertz CT molecular complexity index is 842. The number of benzene rings is 2. The number of imide groups is 1. The maximum Gasteiger partial charge on any atom is 0.324 e. The van der Waals surface area contributed by atoms with Gasteiger partial charge in [0.05, 0.1) is 19.0 Å². The molecule has 4 rings (SSSR count). The molecule has 1 aliphatic carbocycles. The number of hydrogen-bond acceptors (Lipinski definition) is 3. The van der Waals surface area contributed by atoms with Crippen molar-refractivity contribution >= 4 is 17.8 Å². The van der Waals surface area contributed by atoms with Crippen LogP contribution < -0.4 is 10.6 Å². The summed E-state index contributed by atoms with van der Waals surface area (Å²) in [6, 6.07) is 16.1. The van der Waals surface area contributed by atoms with Gasteiger partial charge in [0.25, 0.3) is 5.91 Å². The summed E-state index contributed by atoms with van der Waals surface area (Å²) in [5.74, 6) is -0.287. The van der Waals surface area contributed by atoms with Crippen LogP contribution in [0, 0.1) is 0 Å². The number of rotatable bonds is 5. The minimum atomic E-state index is -0.393. The summed E-state index contributed by atoms with van der Waals surface area (Å²) >= 11 is 0. The molecule has 1 unspecified atom stereocenters. The quantitative estimate of drug-likeness (QED) is 0.857. The Labute approximate surface area is 157 Å². The van der Waals surface area contributed by atoms with Gasteiger partial charge in [0.15, 0.2) is 0 Å². The van der Waals surface area contributed by atoms with Crippen molar-refractivity contribution in [2.75, 3.05) is 0 Å². The monoisotopic (exact) mass is 363 g/mol. The van der Waals surface area contributed by atoms with Gasteiger partial charge in [-0.1, -0.05) is 42.5 Å². The lowest BCUT2D eigenvalue weighted by atomic mass is 10.0. The molecule has 1 saturated carbocycles. The lowest BCUT2D eigenvalue weighted by molar-refractivity contribution is -0.130. The van der Waals surface area contributed by atoms with E-state index < -0.39 is 6.03 Å². The highest BCUT2D eigenvalue weighted by molar-refractivity contribution is 5.97. The van der Waals surface area contributed by atoms with Crippen LogP contribution in [0.25, 0.3) is 0 Å². The van der Waals surface area contributed by atoms with Gasteiger partial charge in [0.1, 0.15) is 0 Å². The summed E-state index contributed by atoms with van der Waals surface area (Å²) in [6.07, 6.45) is 2.32. The average molecular weight is 363 g/mol. The first kappa shape index (κ1) is 17.3. The summed E-state index contributed by atoms with van der Waals surface area (Å²) in [6.45, 7) is 0.191. The van der Waals surface area contributed by atoms with Crippen molar-refractivity contribution in [1.82, 2.24) is 15.5 Å². The van der Waals surface area contributed by atoms with Gasteiger partial charge in [-0.25, -0.2) is 4.79 Å². The first-order valence-corrected chi connectivity index (χ1v) is 9.16. The first-order chi connectivity index (χ1) is 13.1. The smallest absolute Gasteiger partial charge is 0.324 e. The van der Waals surface area contributed by atoms with E-state index in [-0.39, 0.29) is 30.8 Å². The third-order valence-electron chi connectivity index (χ3n) is 4.89. The fraction of sp³-hybridized carbons (Fsp3) is 0.286. The predicted octanol–water partition coefficient (Wildman–Crippen LogP) is 2.76. The normalized spacial score (nSPS) is 19.6. The van der Waals surface area contributed by atoms with Crippen LogP contribution in [0.4, 0.5) is 4.79 Å². The average Bonchev–Trinajstić information content (AvgIpc) is 3.49. The number of carbonyl (C=O) groups is 3. The van der Waals surface area contributed by atoms with Crippen molar-refractivity contribution in [3.05, 3.63) is 71.3 Å². The van der Waals surface area contributed by atoms with Crippen molar-refractivity contribution in [2.24, 2.45) is 0 Å². The Morgan fingerprint density at radius 2 is 1.74 bits per heavy atom. The van der Waals surface area contributed by atoms with E-state index in [0.29, 0.717) is 11.6 Å². The lowest BCUT2D eigenvalue weighted by Crippen LogP contribution is -2.50. The summed E-state index contributed by atoms with van der Waals surface area (Å²) in [4.78, 5) is 38.2. The van der Waals surface area contributed by atoms with E-state index in [2.05, 4.69) is 10.6 Å². The van der Waals surface area contributed by atoms with Crippen LogP contribution in [0.2, 0.25) is 0 Å². The van der Waals surface area contributed by atoms with Crippen molar-refractivity contribution in [2.45, 2.75) is 37.9 Å². The molecular formula is C21H21N3O3. The third kappa shape index (κ3) is 4.00. The molecule has 1 atom stereocenters. The second-order valence-corrected chi connectivity index (χ2v) is 7.04. The van der Waals surface area contributed by atoms with Crippen molar-refractivity contribution in [1.29, 1.82) is 0 Å². The SMILES string of the molecule is O=C(NC1CC1)c1ccc(CN2C(=O)CC(c3ccccc3)NC2=O)cc1. The summed E-state index contributed by atoms with van der Waals surface area (Å²) < 4.78 is 0. The Hall–Kier alpha value is -3.15. The number of carbonyl (C=O) groups excluding carboxylic acids is 3. The van der Waals surface area contributed by atoms with Crippen LogP contribution in [0.15, 0.2) is 54.6 Å². The van der Waals surface area contributed by atoms with Gasteiger partial charge >= 0.3 is 6.03 Å². The zero-order chi connectivity index (χ0) is 18.8. The highest BCUT2D eigenvalue weighted by atomic mass is 16.2. The number of nitrogens with one attached hydrogen (secondary N) is 2. The van der Waals surface area contributed by atoms with Crippen molar-refractivity contribution in [3.63, 3.8) is 0 Å². The number of urea groups is 1. The van der Waals surface area contributed by atoms with Gasteiger partial charge in [-0.15, -0.1) is 0 Å². The summed E-state index contributed by atoms with van der Waals surface area (Å²) in [5.41, 5.74) is 2.31. The lowest BCUT2D eigenvalue weighted by Gasteiger charge is -2.31. The molecule has 138 valence electrons. The van der Waals surface area contributed by atoms with E-state index in [4.69, 9.17) is 0 Å². The Morgan fingerprint density at radius 3 is 2.37 bits per heavy atom. The topological polar surface area (TPSA) is 78.5 Å². The molecule has 0 spiro atoms. The molecule has 2 aromatic carbocycles. The molecular weight excluding hydrogens is 342 g/mol. The molecule has 0 aromatic heterocycles. The predicted molar refractivity (Wildman–Crippen MR) is 99.8 cm³/mol. The van der Waals surface area contributed by atoms with E-state index in [1.54, 1.807) is 24.3 Å². The van der Waals surface area contributed by atoms with Gasteiger partial charge in [0, 0.05) is 11.6 Å². The second kappa shape index (κ2) is 7.23. The van der Waals surface area contributed by atoms with E-state index in [1.165, 1.54) is 4.90 Å². The Kier molecular flexibility index (Phi) is 4.62. The van der Waals surface area contributed by atoms with Crippen molar-refractivity contribution in [3.8, 4) is 0 Å². The van der Waals surface area contributed by atoms with Gasteiger partial charge in [0.2, 0.25) is 5.91 Å². The third-order valence-corrected chi connectivity index (χ3v) is 4.89. The highest BCUT2D eigenvalue weighted by Gasteiger charge is 2.32.